The molecule has 0 saturated heterocycles. The van der Waals surface area contributed by atoms with Gasteiger partial charge in [0.25, 0.3) is 0 Å². The van der Waals surface area contributed by atoms with Crippen molar-refractivity contribution >= 4 is 11.6 Å². The Hall–Kier alpha value is -4.26. The molecule has 0 bridgehead atoms. The molecule has 1 N–H and O–H groups in total. The van der Waals surface area contributed by atoms with Crippen molar-refractivity contribution in [3.05, 3.63) is 102 Å². The molecule has 3 heterocycles. The fourth-order valence-electron chi connectivity index (χ4n) is 3.98. The Morgan fingerprint density at radius 1 is 1.06 bits per heavy atom. The van der Waals surface area contributed by atoms with Gasteiger partial charge in [0.2, 0.25) is 11.8 Å². The molecule has 5 rings (SSSR count). The van der Waals surface area contributed by atoms with Crippen LogP contribution < -0.4 is 0 Å². The van der Waals surface area contributed by atoms with Gasteiger partial charge >= 0.3 is 0 Å². The molecule has 4 aromatic rings. The van der Waals surface area contributed by atoms with Crippen LogP contribution in [0, 0.1) is 6.92 Å². The number of aromatic hydroxyl groups is 1. The Labute approximate surface area is 191 Å². The normalized spacial score (nSPS) is 15.5. The third-order valence-corrected chi connectivity index (χ3v) is 5.69. The Morgan fingerprint density at radius 2 is 1.82 bits per heavy atom. The number of aromatic nitrogens is 2. The minimum atomic E-state index is -0.422. The molecule has 0 radical (unpaired) electrons. The van der Waals surface area contributed by atoms with Gasteiger partial charge in [-0.3, -0.25) is 9.78 Å². The van der Waals surface area contributed by atoms with E-state index in [4.69, 9.17) is 4.42 Å². The zero-order chi connectivity index (χ0) is 22.8. The second-order valence-corrected chi connectivity index (χ2v) is 7.87. The summed E-state index contributed by atoms with van der Waals surface area (Å²) in [5.74, 6) is 0.983. The lowest BCUT2D eigenvalue weighted by Crippen LogP contribution is -2.28. The van der Waals surface area contributed by atoms with Crippen molar-refractivity contribution in [3.8, 4) is 17.2 Å². The lowest BCUT2D eigenvalue weighted by Gasteiger charge is -2.22. The zero-order valence-corrected chi connectivity index (χ0v) is 18.0. The average molecular weight is 438 g/mol. The Morgan fingerprint density at radius 3 is 2.58 bits per heavy atom. The molecule has 7 nitrogen and oxygen atoms in total. The van der Waals surface area contributed by atoms with Crippen molar-refractivity contribution in [2.75, 3.05) is 0 Å². The van der Waals surface area contributed by atoms with Gasteiger partial charge in [-0.25, -0.2) is 9.99 Å². The Kier molecular flexibility index (Phi) is 5.44. The van der Waals surface area contributed by atoms with E-state index in [1.54, 1.807) is 31.5 Å². The van der Waals surface area contributed by atoms with Crippen molar-refractivity contribution in [2.24, 2.45) is 5.10 Å². The van der Waals surface area contributed by atoms with E-state index in [0.717, 1.165) is 16.8 Å². The Balaban J connectivity index is 1.46. The van der Waals surface area contributed by atoms with Gasteiger partial charge in [-0.05, 0) is 31.2 Å². The maximum absolute atomic E-state index is 13.4. The number of nitrogens with zero attached hydrogens (tertiary/aromatic N) is 4. The molecule has 2 aromatic carbocycles. The molecule has 1 aliphatic rings. The third kappa shape index (κ3) is 4.13. The van der Waals surface area contributed by atoms with Crippen molar-refractivity contribution in [2.45, 2.75) is 25.8 Å². The van der Waals surface area contributed by atoms with E-state index < -0.39 is 6.04 Å². The first-order valence-corrected chi connectivity index (χ1v) is 10.7. The highest BCUT2D eigenvalue weighted by molar-refractivity contribution is 6.03. The Bertz CT molecular complexity index is 1320. The van der Waals surface area contributed by atoms with Crippen LogP contribution in [-0.2, 0) is 11.2 Å². The van der Waals surface area contributed by atoms with Crippen LogP contribution in [0.4, 0.5) is 0 Å². The van der Waals surface area contributed by atoms with E-state index in [-0.39, 0.29) is 18.1 Å². The molecule has 0 fully saturated rings. The molecule has 0 spiro atoms. The summed E-state index contributed by atoms with van der Waals surface area (Å²) in [6.45, 7) is 1.80. The van der Waals surface area contributed by atoms with E-state index in [1.807, 2.05) is 54.6 Å². The van der Waals surface area contributed by atoms with Gasteiger partial charge in [0.15, 0.2) is 0 Å². The van der Waals surface area contributed by atoms with Crippen molar-refractivity contribution in [3.63, 3.8) is 0 Å². The number of phenolic OH excluding ortho intramolecular Hbond substituents is 1. The molecule has 164 valence electrons. The quantitative estimate of drug-likeness (QED) is 0.489. The number of benzene rings is 2. The second-order valence-electron chi connectivity index (χ2n) is 7.87. The second kappa shape index (κ2) is 8.70. The van der Waals surface area contributed by atoms with Gasteiger partial charge in [-0.2, -0.15) is 5.10 Å². The smallest absolute Gasteiger partial charge is 0.249 e. The third-order valence-electron chi connectivity index (χ3n) is 5.69. The summed E-state index contributed by atoms with van der Waals surface area (Å²) in [6.07, 6.45) is 3.93. The van der Waals surface area contributed by atoms with E-state index in [9.17, 15) is 9.90 Å². The average Bonchev–Trinajstić information content (AvgIpc) is 3.45. The van der Waals surface area contributed by atoms with Crippen LogP contribution in [0.2, 0.25) is 0 Å². The number of carbonyl (C=O) groups excluding carboxylic acids is 1. The summed E-state index contributed by atoms with van der Waals surface area (Å²) in [5, 5.41) is 16.6. The predicted octanol–water partition coefficient (Wildman–Crippen LogP) is 4.67. The van der Waals surface area contributed by atoms with E-state index >= 15 is 0 Å². The number of hydrogen-bond donors (Lipinski definition) is 1. The molecule has 1 atom stereocenters. The summed E-state index contributed by atoms with van der Waals surface area (Å²) in [7, 11) is 0. The first kappa shape index (κ1) is 20.6. The van der Waals surface area contributed by atoms with Crippen molar-refractivity contribution < 1.29 is 14.3 Å². The number of rotatable bonds is 5. The minimum Gasteiger partial charge on any atom is -0.508 e. The summed E-state index contributed by atoms with van der Waals surface area (Å²) in [6, 6.07) is 19.9. The van der Waals surface area contributed by atoms with Crippen LogP contribution in [0.5, 0.6) is 5.75 Å². The van der Waals surface area contributed by atoms with Crippen LogP contribution in [0.3, 0.4) is 0 Å². The van der Waals surface area contributed by atoms with Gasteiger partial charge in [0.05, 0.1) is 23.9 Å². The number of hydrogen-bond acceptors (Lipinski definition) is 6. The molecule has 1 amide bonds. The van der Waals surface area contributed by atoms with E-state index in [1.165, 1.54) is 5.01 Å². The molecule has 0 saturated carbocycles. The molecule has 0 aliphatic carbocycles. The lowest BCUT2D eigenvalue weighted by molar-refractivity contribution is -0.132. The highest BCUT2D eigenvalue weighted by Crippen LogP contribution is 2.37. The first-order chi connectivity index (χ1) is 16.1. The summed E-state index contributed by atoms with van der Waals surface area (Å²) in [4.78, 5) is 22.2. The SMILES string of the molecule is Cc1oc(-c2ccccc2)nc1CC(=O)N1N=C(c2cccnc2)CC1c1ccccc1O. The minimum absolute atomic E-state index is 0.0378. The molecular weight excluding hydrogens is 416 g/mol. The fourth-order valence-corrected chi connectivity index (χ4v) is 3.98. The number of amides is 1. The lowest BCUT2D eigenvalue weighted by atomic mass is 9.98. The number of phenols is 1. The van der Waals surface area contributed by atoms with Gasteiger partial charge < -0.3 is 9.52 Å². The number of carbonyl (C=O) groups is 1. The van der Waals surface area contributed by atoms with Crippen LogP contribution in [0.15, 0.2) is 88.6 Å². The van der Waals surface area contributed by atoms with Gasteiger partial charge in [-0.15, -0.1) is 0 Å². The van der Waals surface area contributed by atoms with E-state index in [0.29, 0.717) is 29.3 Å². The van der Waals surface area contributed by atoms with Crippen molar-refractivity contribution in [1.82, 2.24) is 15.0 Å². The maximum Gasteiger partial charge on any atom is 0.249 e. The van der Waals surface area contributed by atoms with Gasteiger partial charge in [-0.1, -0.05) is 42.5 Å². The monoisotopic (exact) mass is 438 g/mol. The fraction of sp³-hybridized carbons (Fsp3) is 0.154. The molecule has 1 aliphatic heterocycles. The predicted molar refractivity (Wildman–Crippen MR) is 123 cm³/mol. The van der Waals surface area contributed by atoms with Crippen LogP contribution >= 0.6 is 0 Å². The summed E-state index contributed by atoms with van der Waals surface area (Å²) in [5.41, 5.74) is 3.66. The number of hydrazone groups is 1. The highest BCUT2D eigenvalue weighted by atomic mass is 16.4. The standard InChI is InChI=1S/C26H22N4O3/c1-17-21(28-26(33-17)18-8-3-2-4-9-18)15-25(32)30-23(20-11-5-6-12-24(20)31)14-22(29-30)19-10-7-13-27-16-19/h2-13,16,23,31H,14-15H2,1H3. The highest BCUT2D eigenvalue weighted by Gasteiger charge is 2.35. The van der Waals surface area contributed by atoms with Crippen LogP contribution in [-0.4, -0.2) is 31.7 Å². The first-order valence-electron chi connectivity index (χ1n) is 10.7. The number of oxazole rings is 1. The van der Waals surface area contributed by atoms with Gasteiger partial charge in [0, 0.05) is 35.5 Å². The summed E-state index contributed by atoms with van der Waals surface area (Å²) >= 11 is 0. The largest absolute Gasteiger partial charge is 0.508 e. The molecule has 1 unspecified atom stereocenters. The molecule has 7 heteroatoms. The number of pyridine rings is 1. The van der Waals surface area contributed by atoms with Crippen LogP contribution in [0.25, 0.3) is 11.5 Å². The molecule has 33 heavy (non-hydrogen) atoms. The summed E-state index contributed by atoms with van der Waals surface area (Å²) < 4.78 is 5.82. The van der Waals surface area contributed by atoms with Gasteiger partial charge in [0.1, 0.15) is 11.5 Å². The zero-order valence-electron chi connectivity index (χ0n) is 18.0. The van der Waals surface area contributed by atoms with Crippen molar-refractivity contribution in [1.29, 1.82) is 0 Å². The topological polar surface area (TPSA) is 91.8 Å². The van der Waals surface area contributed by atoms with Crippen LogP contribution in [0.1, 0.15) is 35.0 Å². The van der Waals surface area contributed by atoms with E-state index in [2.05, 4.69) is 15.1 Å². The molecular formula is C26H22N4O3. The number of para-hydroxylation sites is 1. The number of aryl methyl sites for hydroxylation is 1. The maximum atomic E-state index is 13.4. The molecule has 2 aromatic heterocycles.